The lowest BCUT2D eigenvalue weighted by Crippen LogP contribution is -2.65. The van der Waals surface area contributed by atoms with Crippen molar-refractivity contribution < 1.29 is 32.4 Å². The van der Waals surface area contributed by atoms with E-state index in [1.165, 1.54) is 0 Å². The number of hydrogen-bond acceptors (Lipinski definition) is 7. The molecule has 2 saturated heterocycles. The first-order valence-corrected chi connectivity index (χ1v) is 19.9. The summed E-state index contributed by atoms with van der Waals surface area (Å²) in [5.74, 6) is -2.14. The van der Waals surface area contributed by atoms with Crippen LogP contribution in [0.15, 0.2) is 0 Å². The zero-order chi connectivity index (χ0) is 35.2. The number of piperidine rings is 1. The van der Waals surface area contributed by atoms with E-state index in [4.69, 9.17) is 0 Å². The number of sulfone groups is 1. The highest BCUT2D eigenvalue weighted by molar-refractivity contribution is 7.92. The highest BCUT2D eigenvalue weighted by Gasteiger charge is 2.70. The average molecular weight is 692 g/mol. The Morgan fingerprint density at radius 3 is 2.17 bits per heavy atom. The van der Waals surface area contributed by atoms with Crippen molar-refractivity contribution in [2.75, 3.05) is 12.3 Å². The van der Waals surface area contributed by atoms with E-state index in [2.05, 4.69) is 35.1 Å². The van der Waals surface area contributed by atoms with Gasteiger partial charge >= 0.3 is 6.03 Å². The van der Waals surface area contributed by atoms with Crippen LogP contribution in [0.1, 0.15) is 119 Å². The lowest BCUT2D eigenvalue weighted by Gasteiger charge is -2.43. The van der Waals surface area contributed by atoms with E-state index in [1.54, 1.807) is 4.90 Å². The molecule has 4 N–H and O–H groups in total. The molecule has 270 valence electrons. The van der Waals surface area contributed by atoms with E-state index in [9.17, 15) is 32.4 Å². The largest absolute Gasteiger partial charge is 0.347 e. The number of hydrogen-bond donors (Lipinski definition) is 4. The van der Waals surface area contributed by atoms with Gasteiger partial charge in [0.15, 0.2) is 9.84 Å². The zero-order valence-electron chi connectivity index (χ0n) is 29.7. The van der Waals surface area contributed by atoms with Crippen molar-refractivity contribution in [3.05, 3.63) is 0 Å². The molecule has 0 spiro atoms. The third kappa shape index (κ3) is 7.40. The number of carbonyl (C=O) groups is 5. The Morgan fingerprint density at radius 2 is 1.60 bits per heavy atom. The van der Waals surface area contributed by atoms with E-state index >= 15 is 0 Å². The molecule has 0 radical (unpaired) electrons. The number of ketones is 1. The van der Waals surface area contributed by atoms with Crippen LogP contribution in [-0.2, 0) is 29.0 Å². The monoisotopic (exact) mass is 691 g/mol. The lowest BCUT2D eigenvalue weighted by atomic mass is 9.78. The molecule has 0 bridgehead atoms. The van der Waals surface area contributed by atoms with Crippen LogP contribution >= 0.6 is 0 Å². The maximum atomic E-state index is 14.5. The Labute approximate surface area is 286 Å². The van der Waals surface area contributed by atoms with Gasteiger partial charge in [-0.1, -0.05) is 73.6 Å². The molecule has 3 saturated carbocycles. The quantitative estimate of drug-likeness (QED) is 0.228. The van der Waals surface area contributed by atoms with Crippen LogP contribution in [0.5, 0.6) is 0 Å². The number of unbranched alkanes of at least 4 members (excludes halogenated alkanes) is 1. The van der Waals surface area contributed by atoms with Crippen LogP contribution in [-0.4, -0.2) is 90.1 Å². The molecule has 0 aromatic carbocycles. The predicted octanol–water partition coefficient (Wildman–Crippen LogP) is 2.99. The second-order valence-electron chi connectivity index (χ2n) is 16.8. The Kier molecular flexibility index (Phi) is 10.3. The molecule has 0 aromatic heterocycles. The fourth-order valence-corrected chi connectivity index (χ4v) is 11.1. The van der Waals surface area contributed by atoms with Crippen LogP contribution in [0.2, 0.25) is 0 Å². The molecular formula is C35H57N5O7S. The molecule has 5 fully saturated rings. The van der Waals surface area contributed by atoms with Gasteiger partial charge in [0.25, 0.3) is 5.91 Å². The normalized spacial score (nSPS) is 29.6. The van der Waals surface area contributed by atoms with Gasteiger partial charge in [-0.15, -0.1) is 0 Å². The third-order valence-electron chi connectivity index (χ3n) is 11.8. The number of nitrogens with zero attached hydrogens (tertiary/aromatic N) is 1. The lowest BCUT2D eigenvalue weighted by molar-refractivity contribution is -0.145. The Hall–Kier alpha value is -2.70. The number of urea groups is 1. The number of rotatable bonds is 12. The molecule has 12 nitrogen and oxygen atoms in total. The van der Waals surface area contributed by atoms with Gasteiger partial charge in [0.05, 0.1) is 22.6 Å². The third-order valence-corrected chi connectivity index (χ3v) is 14.2. The van der Waals surface area contributed by atoms with Crippen LogP contribution < -0.4 is 21.3 Å². The summed E-state index contributed by atoms with van der Waals surface area (Å²) in [6.45, 7) is 12.0. The number of likely N-dealkylation sites (tertiary alicyclic amines) is 1. The first kappa shape index (κ1) is 36.6. The number of carbonyl (C=O) groups excluding carboxylic acids is 5. The topological polar surface area (TPSA) is 171 Å². The number of amides is 5. The van der Waals surface area contributed by atoms with Gasteiger partial charge in [0.1, 0.15) is 12.1 Å². The Bertz CT molecular complexity index is 1400. The van der Waals surface area contributed by atoms with Gasteiger partial charge < -0.3 is 26.2 Å². The van der Waals surface area contributed by atoms with E-state index in [1.807, 2.05) is 27.7 Å². The SMILES string of the molecule is CCCC[C@H](NC(=O)[C@@H]1[C@@H]2[C@H](CN1C(=O)[C@@H](NC(=O)NC1([C@H]3CCCS3(=O)=O)CCCCC1)C(C)(C)C)C2(C)C)C(=O)C(=O)NC1CC1. The summed E-state index contributed by atoms with van der Waals surface area (Å²) in [6.07, 6.45) is 8.28. The molecule has 5 rings (SSSR count). The minimum Gasteiger partial charge on any atom is -0.347 e. The molecule has 13 heteroatoms. The minimum absolute atomic E-state index is 0.00883. The molecule has 5 aliphatic rings. The zero-order valence-corrected chi connectivity index (χ0v) is 30.5. The van der Waals surface area contributed by atoms with E-state index in [-0.39, 0.29) is 29.0 Å². The average Bonchev–Trinajstić information content (AvgIpc) is 3.79. The first-order valence-electron chi connectivity index (χ1n) is 18.2. The number of nitrogens with one attached hydrogen (secondary N) is 4. The summed E-state index contributed by atoms with van der Waals surface area (Å²) < 4.78 is 26.1. The van der Waals surface area contributed by atoms with E-state index in [0.29, 0.717) is 45.1 Å². The molecule has 0 unspecified atom stereocenters. The fourth-order valence-electron chi connectivity index (χ4n) is 8.72. The molecular weight excluding hydrogens is 634 g/mol. The van der Waals surface area contributed by atoms with Crippen LogP contribution in [0, 0.1) is 22.7 Å². The summed E-state index contributed by atoms with van der Waals surface area (Å²) >= 11 is 0. The summed E-state index contributed by atoms with van der Waals surface area (Å²) in [6, 6.07) is -3.42. The van der Waals surface area contributed by atoms with Gasteiger partial charge in [-0.25, -0.2) is 13.2 Å². The first-order chi connectivity index (χ1) is 22.4. The van der Waals surface area contributed by atoms with Crippen molar-refractivity contribution in [1.29, 1.82) is 0 Å². The van der Waals surface area contributed by atoms with Crippen molar-refractivity contribution in [2.45, 2.75) is 154 Å². The molecule has 3 aliphatic carbocycles. The molecule has 2 aliphatic heterocycles. The van der Waals surface area contributed by atoms with Crippen molar-refractivity contribution in [3.63, 3.8) is 0 Å². The van der Waals surface area contributed by atoms with Crippen molar-refractivity contribution in [2.24, 2.45) is 22.7 Å². The van der Waals surface area contributed by atoms with Crippen LogP contribution in [0.4, 0.5) is 4.79 Å². The molecule has 48 heavy (non-hydrogen) atoms. The smallest absolute Gasteiger partial charge is 0.315 e. The summed E-state index contributed by atoms with van der Waals surface area (Å²) in [5, 5.41) is 10.9. The second-order valence-corrected chi connectivity index (χ2v) is 19.1. The van der Waals surface area contributed by atoms with Gasteiger partial charge in [0, 0.05) is 12.6 Å². The van der Waals surface area contributed by atoms with E-state index < -0.39 is 73.7 Å². The summed E-state index contributed by atoms with van der Waals surface area (Å²) in [5.41, 5.74) is -1.80. The standard InChI is InChI=1S/C35H57N5O7S/c1-7-8-13-23(27(41)30(43)36-21-15-16-21)37-29(42)26-25-22(34(25,5)6)20-40(26)31(44)28(33(2,3)4)38-32(45)39-35(17-10-9-11-18-35)24-14-12-19-48(24,46)47/h21-26,28H,7-20H2,1-6H3,(H,36,43)(H,37,42)(H2,38,39,45)/t22-,23-,24+,25-,26-,28+/m0/s1. The molecule has 6 atom stereocenters. The van der Waals surface area contributed by atoms with Crippen molar-refractivity contribution in [3.8, 4) is 0 Å². The van der Waals surface area contributed by atoms with Crippen LogP contribution in [0.25, 0.3) is 0 Å². The maximum absolute atomic E-state index is 14.5. The summed E-state index contributed by atoms with van der Waals surface area (Å²) in [4.78, 5) is 69.7. The fraction of sp³-hybridized carbons (Fsp3) is 0.857. The minimum atomic E-state index is -3.35. The highest BCUT2D eigenvalue weighted by atomic mass is 32.2. The number of Topliss-reactive ketones (excluding diaryl/α,β-unsaturated/α-hetero) is 1. The van der Waals surface area contributed by atoms with Crippen molar-refractivity contribution >= 4 is 39.4 Å². The summed E-state index contributed by atoms with van der Waals surface area (Å²) in [7, 11) is -3.35. The predicted molar refractivity (Wildman–Crippen MR) is 181 cm³/mol. The van der Waals surface area contributed by atoms with Crippen LogP contribution in [0.3, 0.4) is 0 Å². The van der Waals surface area contributed by atoms with Gasteiger partial charge in [0.2, 0.25) is 17.6 Å². The molecule has 2 heterocycles. The Balaban J connectivity index is 1.34. The van der Waals surface area contributed by atoms with Crippen molar-refractivity contribution in [1.82, 2.24) is 26.2 Å². The van der Waals surface area contributed by atoms with E-state index in [0.717, 1.165) is 38.5 Å². The maximum Gasteiger partial charge on any atom is 0.315 e. The molecule has 5 amide bonds. The highest BCUT2D eigenvalue weighted by Crippen LogP contribution is 2.65. The number of fused-ring (bicyclic) bond motifs is 1. The van der Waals surface area contributed by atoms with Gasteiger partial charge in [-0.2, -0.15) is 0 Å². The molecule has 0 aromatic rings. The Morgan fingerprint density at radius 1 is 0.938 bits per heavy atom. The van der Waals surface area contributed by atoms with Gasteiger partial charge in [-0.3, -0.25) is 19.2 Å². The second kappa shape index (κ2) is 13.5. The van der Waals surface area contributed by atoms with Gasteiger partial charge in [-0.05, 0) is 67.6 Å².